The zero-order valence-electron chi connectivity index (χ0n) is 24.8. The lowest BCUT2D eigenvalue weighted by atomic mass is 10.1. The number of nitrogens with one attached hydrogen (secondary N) is 1. The first-order valence-electron chi connectivity index (χ1n) is 13.7. The van der Waals surface area contributed by atoms with Crippen LogP contribution in [0.1, 0.15) is 9.68 Å². The minimum atomic E-state index is -2.01. The van der Waals surface area contributed by atoms with Crippen LogP contribution in [0.3, 0.4) is 0 Å². The molecule has 1 aliphatic heterocycles. The Balaban J connectivity index is 1.55. The molecule has 5 rings (SSSR count). The molecule has 3 heterocycles. The predicted octanol–water partition coefficient (Wildman–Crippen LogP) is 3.89. The highest BCUT2D eigenvalue weighted by Crippen LogP contribution is 2.39. The Labute approximate surface area is 230 Å². The second kappa shape index (κ2) is 11.5. The predicted molar refractivity (Wildman–Crippen MR) is 148 cm³/mol. The zero-order chi connectivity index (χ0) is 30.0. The Morgan fingerprint density at radius 2 is 2.00 bits per heavy atom. The summed E-state index contributed by atoms with van der Waals surface area (Å²) in [6.45, 7) is -0.0479. The fraction of sp³-hybridized carbons (Fsp3) is 0.296. The summed E-state index contributed by atoms with van der Waals surface area (Å²) in [6.07, 6.45) is 1.28. The van der Waals surface area contributed by atoms with Crippen molar-refractivity contribution < 1.29 is 18.5 Å². The van der Waals surface area contributed by atoms with Gasteiger partial charge >= 0.3 is 0 Å². The van der Waals surface area contributed by atoms with Crippen LogP contribution in [0.15, 0.2) is 60.9 Å². The summed E-state index contributed by atoms with van der Waals surface area (Å²) >= 11 is 0. The van der Waals surface area contributed by atoms with E-state index in [-0.39, 0.29) is 34.9 Å². The van der Waals surface area contributed by atoms with Crippen molar-refractivity contribution in [3.05, 3.63) is 76.6 Å². The van der Waals surface area contributed by atoms with Gasteiger partial charge in [-0.05, 0) is 14.1 Å². The second-order valence-corrected chi connectivity index (χ2v) is 8.88. The zero-order valence-corrected chi connectivity index (χ0v) is 21.8. The standard InChI is InChI=1S/C27H30N8O4/c1-32(2)17-20-18-34(31-26(20)19-7-5-4-6-8-19)25-9-10-28-27(30-25)29-21-15-23(35(36)37)22(16-24(21)38-3)33-11-13-39-14-12-33/h4-10,15-16,18H,11-14,17H2,1-3H3,(H,28,29,30)/i17D2,18D. The van der Waals surface area contributed by atoms with E-state index in [2.05, 4.69) is 20.4 Å². The molecule has 1 N–H and O–H groups in total. The fourth-order valence-corrected chi connectivity index (χ4v) is 4.22. The van der Waals surface area contributed by atoms with Crippen molar-refractivity contribution in [1.29, 1.82) is 0 Å². The molecule has 39 heavy (non-hydrogen) atoms. The molecule has 1 saturated heterocycles. The van der Waals surface area contributed by atoms with Gasteiger partial charge in [0.2, 0.25) is 5.95 Å². The van der Waals surface area contributed by atoms with E-state index in [0.29, 0.717) is 49.0 Å². The van der Waals surface area contributed by atoms with Crippen molar-refractivity contribution in [3.8, 4) is 22.8 Å². The van der Waals surface area contributed by atoms with Crippen LogP contribution in [0.4, 0.5) is 23.0 Å². The van der Waals surface area contributed by atoms with Gasteiger partial charge < -0.3 is 24.6 Å². The lowest BCUT2D eigenvalue weighted by Crippen LogP contribution is -2.36. The second-order valence-electron chi connectivity index (χ2n) is 8.88. The third-order valence-corrected chi connectivity index (χ3v) is 5.99. The molecule has 1 fully saturated rings. The highest BCUT2D eigenvalue weighted by atomic mass is 16.6. The molecule has 12 nitrogen and oxygen atoms in total. The number of aromatic nitrogens is 4. The van der Waals surface area contributed by atoms with Crippen molar-refractivity contribution in [2.75, 3.05) is 57.7 Å². The Bertz CT molecular complexity index is 1590. The average molecular weight is 534 g/mol. The molecule has 2 aromatic carbocycles. The van der Waals surface area contributed by atoms with Crippen LogP contribution < -0.4 is 15.0 Å². The number of nitro groups is 1. The molecule has 1 aliphatic rings. The van der Waals surface area contributed by atoms with E-state index < -0.39 is 11.4 Å². The fourth-order valence-electron chi connectivity index (χ4n) is 4.22. The quantitative estimate of drug-likeness (QED) is 0.250. The SMILES string of the molecule is [2H]c1c(C([2H])([2H])N(C)C)c(-c2ccccc2)nn1-c1ccnc(Nc2cc([N+](=O)[O-])c(N3CCOCC3)cc2OC)n1. The average Bonchev–Trinajstić information content (AvgIpc) is 3.35. The summed E-state index contributed by atoms with van der Waals surface area (Å²) in [5.74, 6) is 0.630. The minimum Gasteiger partial charge on any atom is -0.494 e. The number of nitro benzene ring substituents is 1. The largest absolute Gasteiger partial charge is 0.494 e. The third kappa shape index (κ3) is 5.81. The van der Waals surface area contributed by atoms with Crippen molar-refractivity contribution in [3.63, 3.8) is 0 Å². The first-order valence-corrected chi connectivity index (χ1v) is 12.2. The summed E-state index contributed by atoms with van der Waals surface area (Å²) in [4.78, 5) is 23.6. The number of nitrogens with zero attached hydrogens (tertiary/aromatic N) is 7. The van der Waals surface area contributed by atoms with Crippen molar-refractivity contribution >= 4 is 23.0 Å². The van der Waals surface area contributed by atoms with Gasteiger partial charge in [0.1, 0.15) is 11.4 Å². The number of methoxy groups -OCH3 is 1. The Kier molecular flexibility index (Phi) is 6.59. The number of hydrogen-bond donors (Lipinski definition) is 1. The molecule has 0 atom stereocenters. The maximum absolute atomic E-state index is 12.0. The van der Waals surface area contributed by atoms with Gasteiger partial charge in [0.25, 0.3) is 5.69 Å². The number of benzene rings is 2. The third-order valence-electron chi connectivity index (χ3n) is 5.99. The van der Waals surface area contributed by atoms with Crippen LogP contribution in [0, 0.1) is 10.1 Å². The van der Waals surface area contributed by atoms with Crippen LogP contribution in [-0.4, -0.2) is 77.1 Å². The Morgan fingerprint density at radius 1 is 1.23 bits per heavy atom. The number of hydrogen-bond acceptors (Lipinski definition) is 10. The van der Waals surface area contributed by atoms with Crippen LogP contribution >= 0.6 is 0 Å². The maximum atomic E-state index is 12.0. The van der Waals surface area contributed by atoms with Crippen molar-refractivity contribution in [2.24, 2.45) is 0 Å². The van der Waals surface area contributed by atoms with Crippen LogP contribution in [0.25, 0.3) is 17.1 Å². The monoisotopic (exact) mass is 533 g/mol. The molecule has 2 aromatic heterocycles. The van der Waals surface area contributed by atoms with Gasteiger partial charge in [-0.1, -0.05) is 30.3 Å². The van der Waals surface area contributed by atoms with Crippen LogP contribution in [-0.2, 0) is 11.2 Å². The molecule has 12 heteroatoms. The Hall–Kier alpha value is -4.55. The molecule has 0 unspecified atom stereocenters. The van der Waals surface area contributed by atoms with Gasteiger partial charge in [-0.2, -0.15) is 10.1 Å². The van der Waals surface area contributed by atoms with Gasteiger partial charge in [-0.15, -0.1) is 0 Å². The molecular formula is C27H30N8O4. The molecule has 202 valence electrons. The minimum absolute atomic E-state index is 0.0764. The number of anilines is 3. The smallest absolute Gasteiger partial charge is 0.294 e. The number of ether oxygens (including phenoxy) is 2. The molecule has 0 amide bonds. The van der Waals surface area contributed by atoms with Crippen molar-refractivity contribution in [1.82, 2.24) is 24.6 Å². The summed E-state index contributed by atoms with van der Waals surface area (Å²) in [5, 5.41) is 19.6. The van der Waals surface area contributed by atoms with Gasteiger partial charge in [-0.3, -0.25) is 10.1 Å². The van der Waals surface area contributed by atoms with E-state index in [0.717, 1.165) is 0 Å². The van der Waals surface area contributed by atoms with Crippen LogP contribution in [0.2, 0.25) is 0 Å². The van der Waals surface area contributed by atoms with Gasteiger partial charge in [-0.25, -0.2) is 9.67 Å². The first-order chi connectivity index (χ1) is 20.1. The maximum Gasteiger partial charge on any atom is 0.294 e. The van der Waals surface area contributed by atoms with E-state index in [1.807, 2.05) is 23.1 Å². The topological polar surface area (TPSA) is 124 Å². The molecule has 0 radical (unpaired) electrons. The molecular weight excluding hydrogens is 500 g/mol. The number of rotatable bonds is 9. The highest BCUT2D eigenvalue weighted by molar-refractivity contribution is 5.77. The Morgan fingerprint density at radius 3 is 2.69 bits per heavy atom. The molecule has 0 bridgehead atoms. The summed E-state index contributed by atoms with van der Waals surface area (Å²) in [7, 11) is 4.65. The summed E-state index contributed by atoms with van der Waals surface area (Å²) in [6, 6.07) is 13.6. The molecule has 4 aromatic rings. The first kappa shape index (κ1) is 22.4. The normalized spacial score (nSPS) is 15.0. The molecule has 0 aliphatic carbocycles. The van der Waals surface area contributed by atoms with Crippen molar-refractivity contribution in [2.45, 2.75) is 6.50 Å². The van der Waals surface area contributed by atoms with Gasteiger partial charge in [0.05, 0.1) is 38.0 Å². The van der Waals surface area contributed by atoms with E-state index in [4.69, 9.17) is 13.6 Å². The summed E-state index contributed by atoms with van der Waals surface area (Å²) in [5.41, 5.74) is 1.63. The van der Waals surface area contributed by atoms with Crippen LogP contribution in [0.5, 0.6) is 5.75 Å². The van der Waals surface area contributed by atoms with E-state index in [9.17, 15) is 10.1 Å². The van der Waals surface area contributed by atoms with Gasteiger partial charge in [0.15, 0.2) is 5.82 Å². The lowest BCUT2D eigenvalue weighted by Gasteiger charge is -2.29. The number of morpholine rings is 1. The summed E-state index contributed by atoms with van der Waals surface area (Å²) < 4.78 is 38.5. The molecule has 0 spiro atoms. The van der Waals surface area contributed by atoms with Gasteiger partial charge in [0, 0.05) is 64.0 Å². The molecule has 0 saturated carbocycles. The van der Waals surface area contributed by atoms with E-state index in [1.54, 1.807) is 38.4 Å². The highest BCUT2D eigenvalue weighted by Gasteiger charge is 2.25. The van der Waals surface area contributed by atoms with E-state index >= 15 is 0 Å². The van der Waals surface area contributed by atoms with E-state index in [1.165, 1.54) is 29.0 Å². The lowest BCUT2D eigenvalue weighted by molar-refractivity contribution is -0.384.